The Morgan fingerprint density at radius 1 is 1.30 bits per heavy atom. The van der Waals surface area contributed by atoms with E-state index >= 15 is 0 Å². The number of hydrogen-bond acceptors (Lipinski definition) is 4. The molecule has 0 amide bonds. The molecule has 0 saturated heterocycles. The summed E-state index contributed by atoms with van der Waals surface area (Å²) in [6.45, 7) is 4.24. The second-order valence-electron chi connectivity index (χ2n) is 4.47. The molecule has 0 spiro atoms. The largest absolute Gasteiger partial charge is 0.490 e. The highest BCUT2D eigenvalue weighted by atomic mass is 16.6. The number of benzene rings is 1. The number of aliphatic hydroxyl groups is 1. The predicted octanol–water partition coefficient (Wildman–Crippen LogP) is 2.72. The zero-order valence-electron chi connectivity index (χ0n) is 12.0. The second kappa shape index (κ2) is 9.15. The van der Waals surface area contributed by atoms with E-state index in [1.807, 2.05) is 50.3 Å². The molecular weight excluding hydrogens is 256 g/mol. The van der Waals surface area contributed by atoms with Crippen molar-refractivity contribution in [2.24, 2.45) is 0 Å². The van der Waals surface area contributed by atoms with Gasteiger partial charge in [0.25, 0.3) is 0 Å². The average molecular weight is 278 g/mol. The van der Waals surface area contributed by atoms with E-state index < -0.39 is 6.10 Å². The maximum Gasteiger partial charge on any atom is 0.306 e. The number of rotatable bonds is 8. The lowest BCUT2D eigenvalue weighted by Gasteiger charge is -2.11. The Bertz CT molecular complexity index is 425. The fraction of sp³-hybridized carbons (Fsp3) is 0.438. The number of para-hydroxylation sites is 1. The van der Waals surface area contributed by atoms with Gasteiger partial charge >= 0.3 is 5.97 Å². The molecule has 1 unspecified atom stereocenters. The average Bonchev–Trinajstić information content (AvgIpc) is 2.49. The zero-order chi connectivity index (χ0) is 14.8. The molecule has 0 heterocycles. The van der Waals surface area contributed by atoms with Crippen molar-refractivity contribution in [3.05, 3.63) is 42.0 Å². The summed E-state index contributed by atoms with van der Waals surface area (Å²) in [5, 5.41) is 9.69. The fourth-order valence-electron chi connectivity index (χ4n) is 1.58. The molecule has 0 radical (unpaired) electrons. The van der Waals surface area contributed by atoms with E-state index in [9.17, 15) is 9.90 Å². The Balaban J connectivity index is 2.11. The first-order valence-corrected chi connectivity index (χ1v) is 6.78. The molecule has 4 nitrogen and oxygen atoms in total. The third-order valence-corrected chi connectivity index (χ3v) is 2.96. The molecule has 1 aromatic rings. The van der Waals surface area contributed by atoms with Crippen molar-refractivity contribution in [3.8, 4) is 5.75 Å². The smallest absolute Gasteiger partial charge is 0.306 e. The van der Waals surface area contributed by atoms with Crippen molar-refractivity contribution in [2.45, 2.75) is 32.8 Å². The summed E-state index contributed by atoms with van der Waals surface area (Å²) in [6.07, 6.45) is 1.85. The topological polar surface area (TPSA) is 55.8 Å². The summed E-state index contributed by atoms with van der Waals surface area (Å²) >= 11 is 0. The number of esters is 1. The van der Waals surface area contributed by atoms with Gasteiger partial charge < -0.3 is 14.6 Å². The van der Waals surface area contributed by atoms with Crippen molar-refractivity contribution < 1.29 is 19.4 Å². The molecule has 4 heteroatoms. The van der Waals surface area contributed by atoms with Crippen LogP contribution in [0.15, 0.2) is 42.0 Å². The minimum Gasteiger partial charge on any atom is -0.490 e. The van der Waals surface area contributed by atoms with Crippen LogP contribution in [0.3, 0.4) is 0 Å². The van der Waals surface area contributed by atoms with Crippen LogP contribution >= 0.6 is 0 Å². The summed E-state index contributed by atoms with van der Waals surface area (Å²) in [4.78, 5) is 11.5. The number of aliphatic hydroxyl groups excluding tert-OH is 1. The first kappa shape index (κ1) is 16.2. The van der Waals surface area contributed by atoms with Gasteiger partial charge in [0.2, 0.25) is 0 Å². The maximum absolute atomic E-state index is 11.5. The van der Waals surface area contributed by atoms with Crippen molar-refractivity contribution in [1.29, 1.82) is 0 Å². The van der Waals surface area contributed by atoms with Crippen molar-refractivity contribution in [1.82, 2.24) is 0 Å². The third-order valence-electron chi connectivity index (χ3n) is 2.96. The normalized spacial score (nSPS) is 12.8. The third kappa shape index (κ3) is 6.38. The number of carbonyl (C=O) groups excluding carboxylic acids is 1. The summed E-state index contributed by atoms with van der Waals surface area (Å²) in [5.41, 5.74) is 0.866. The molecule has 110 valence electrons. The Morgan fingerprint density at radius 2 is 2.00 bits per heavy atom. The SMILES string of the molecule is CC=C(C)C(O)CCC(=O)OCCOc1ccccc1. The first-order chi connectivity index (χ1) is 9.63. The highest BCUT2D eigenvalue weighted by Gasteiger charge is 2.10. The van der Waals surface area contributed by atoms with Crippen LogP contribution in [0.25, 0.3) is 0 Å². The highest BCUT2D eigenvalue weighted by molar-refractivity contribution is 5.69. The van der Waals surface area contributed by atoms with Gasteiger partial charge in [-0.2, -0.15) is 0 Å². The van der Waals surface area contributed by atoms with Gasteiger partial charge in [0.1, 0.15) is 19.0 Å². The predicted molar refractivity (Wildman–Crippen MR) is 77.6 cm³/mol. The van der Waals surface area contributed by atoms with Gasteiger partial charge in [-0.15, -0.1) is 0 Å². The van der Waals surface area contributed by atoms with E-state index in [-0.39, 0.29) is 19.0 Å². The van der Waals surface area contributed by atoms with Crippen molar-refractivity contribution >= 4 is 5.97 Å². The molecule has 20 heavy (non-hydrogen) atoms. The van der Waals surface area contributed by atoms with E-state index in [2.05, 4.69) is 0 Å². The van der Waals surface area contributed by atoms with Gasteiger partial charge in [-0.05, 0) is 38.0 Å². The summed E-state index contributed by atoms with van der Waals surface area (Å²) in [7, 11) is 0. The van der Waals surface area contributed by atoms with Crippen molar-refractivity contribution in [3.63, 3.8) is 0 Å². The number of allylic oxidation sites excluding steroid dienone is 1. The van der Waals surface area contributed by atoms with Crippen LogP contribution in [0.2, 0.25) is 0 Å². The van der Waals surface area contributed by atoms with Gasteiger partial charge in [0.05, 0.1) is 6.10 Å². The molecule has 0 saturated carbocycles. The van der Waals surface area contributed by atoms with Crippen LogP contribution in [0, 0.1) is 0 Å². The number of ether oxygens (including phenoxy) is 2. The van der Waals surface area contributed by atoms with E-state index in [1.54, 1.807) is 0 Å². The van der Waals surface area contributed by atoms with E-state index in [0.29, 0.717) is 13.0 Å². The molecule has 1 atom stereocenters. The molecule has 0 aliphatic carbocycles. The monoisotopic (exact) mass is 278 g/mol. The quantitative estimate of drug-likeness (QED) is 0.451. The molecule has 0 fully saturated rings. The van der Waals surface area contributed by atoms with E-state index in [1.165, 1.54) is 0 Å². The summed E-state index contributed by atoms with van der Waals surface area (Å²) < 4.78 is 10.4. The van der Waals surface area contributed by atoms with Crippen LogP contribution < -0.4 is 4.74 Å². The first-order valence-electron chi connectivity index (χ1n) is 6.78. The molecule has 0 aliphatic heterocycles. The summed E-state index contributed by atoms with van der Waals surface area (Å²) in [6, 6.07) is 9.36. The van der Waals surface area contributed by atoms with Gasteiger partial charge in [0.15, 0.2) is 0 Å². The highest BCUT2D eigenvalue weighted by Crippen LogP contribution is 2.09. The van der Waals surface area contributed by atoms with E-state index in [4.69, 9.17) is 9.47 Å². The zero-order valence-corrected chi connectivity index (χ0v) is 12.0. The second-order valence-corrected chi connectivity index (χ2v) is 4.47. The molecule has 1 aromatic carbocycles. The number of hydrogen-bond donors (Lipinski definition) is 1. The number of carbonyl (C=O) groups is 1. The van der Waals surface area contributed by atoms with E-state index in [0.717, 1.165) is 11.3 Å². The summed E-state index contributed by atoms with van der Waals surface area (Å²) in [5.74, 6) is 0.437. The van der Waals surface area contributed by atoms with Crippen LogP contribution in [0.1, 0.15) is 26.7 Å². The fourth-order valence-corrected chi connectivity index (χ4v) is 1.58. The molecule has 0 aromatic heterocycles. The molecule has 1 N–H and O–H groups in total. The maximum atomic E-state index is 11.5. The van der Waals surface area contributed by atoms with Crippen LogP contribution in [-0.2, 0) is 9.53 Å². The van der Waals surface area contributed by atoms with Crippen LogP contribution in [0.5, 0.6) is 5.75 Å². The Morgan fingerprint density at radius 3 is 2.65 bits per heavy atom. The van der Waals surface area contributed by atoms with Gasteiger partial charge in [-0.3, -0.25) is 4.79 Å². The van der Waals surface area contributed by atoms with Gasteiger partial charge in [-0.1, -0.05) is 24.3 Å². The van der Waals surface area contributed by atoms with Crippen LogP contribution in [0.4, 0.5) is 0 Å². The van der Waals surface area contributed by atoms with Gasteiger partial charge in [-0.25, -0.2) is 0 Å². The lowest BCUT2D eigenvalue weighted by atomic mass is 10.1. The minimum absolute atomic E-state index is 0.206. The standard InChI is InChI=1S/C16H22O4/c1-3-13(2)15(17)9-10-16(18)20-12-11-19-14-7-5-4-6-8-14/h3-8,15,17H,9-12H2,1-2H3. The Hall–Kier alpha value is -1.81. The molecule has 0 aliphatic rings. The Labute approximate surface area is 120 Å². The lowest BCUT2D eigenvalue weighted by molar-refractivity contribution is -0.144. The van der Waals surface area contributed by atoms with Crippen molar-refractivity contribution in [2.75, 3.05) is 13.2 Å². The molecule has 1 rings (SSSR count). The minimum atomic E-state index is -0.576. The van der Waals surface area contributed by atoms with Crippen LogP contribution in [-0.4, -0.2) is 30.4 Å². The van der Waals surface area contributed by atoms with Gasteiger partial charge in [0, 0.05) is 6.42 Å². The lowest BCUT2D eigenvalue weighted by Crippen LogP contribution is -2.15. The molecule has 0 bridgehead atoms. The Kier molecular flexibility index (Phi) is 7.43. The molecular formula is C16H22O4.